The van der Waals surface area contributed by atoms with E-state index in [1.165, 1.54) is 0 Å². The third-order valence-corrected chi connectivity index (χ3v) is 6.15. The van der Waals surface area contributed by atoms with Crippen LogP contribution in [0.2, 0.25) is 25.2 Å². The van der Waals surface area contributed by atoms with E-state index >= 15 is 0 Å². The summed E-state index contributed by atoms with van der Waals surface area (Å²) < 4.78 is 0. The molecule has 0 amide bonds. The minimum atomic E-state index is -1.12. The van der Waals surface area contributed by atoms with E-state index in [1.807, 2.05) is 0 Å². The molecule has 0 spiro atoms. The fourth-order valence-electron chi connectivity index (χ4n) is 2.79. The molecule has 16 heavy (non-hydrogen) atoms. The van der Waals surface area contributed by atoms with E-state index in [-0.39, 0.29) is 26.2 Å². The summed E-state index contributed by atoms with van der Waals surface area (Å²) in [6.07, 6.45) is 18.2. The van der Waals surface area contributed by atoms with Crippen LogP contribution in [0.15, 0.2) is 48.6 Å². The zero-order valence-electron chi connectivity index (χ0n) is 10.4. The molecule has 0 aromatic heterocycles. The Morgan fingerprint density at radius 1 is 0.750 bits per heavy atom. The molecule has 0 saturated carbocycles. The van der Waals surface area contributed by atoms with E-state index in [1.54, 1.807) is 0 Å². The van der Waals surface area contributed by atoms with Gasteiger partial charge in [0.1, 0.15) is 0 Å². The smallest absolute Gasteiger partial charge is 0.0493 e. The van der Waals surface area contributed by atoms with Crippen molar-refractivity contribution in [1.82, 2.24) is 0 Å². The van der Waals surface area contributed by atoms with Gasteiger partial charge in [0.15, 0.2) is 0 Å². The number of allylic oxidation sites excluding steroid dienone is 8. The van der Waals surface area contributed by atoms with E-state index < -0.39 is 8.07 Å². The molecule has 0 aromatic carbocycles. The molecule has 0 aromatic rings. The number of rotatable bonds is 3. The average Bonchev–Trinajstić information content (AvgIpc) is 2.73. The summed E-state index contributed by atoms with van der Waals surface area (Å²) >= 11 is 0. The Kier molecular flexibility index (Phi) is 4.94. The summed E-state index contributed by atoms with van der Waals surface area (Å²) in [5, 5.41) is 0. The Balaban J connectivity index is 0.00000128. The van der Waals surface area contributed by atoms with Gasteiger partial charge >= 0.3 is 0 Å². The number of hydrogen-bond donors (Lipinski definition) is 0. The van der Waals surface area contributed by atoms with Crippen LogP contribution in [0.3, 0.4) is 0 Å². The molecule has 2 aliphatic carbocycles. The molecule has 0 bridgehead atoms. The summed E-state index contributed by atoms with van der Waals surface area (Å²) in [7, 11) is -1.12. The second-order valence-electron chi connectivity index (χ2n) is 5.59. The molecule has 0 saturated heterocycles. The van der Waals surface area contributed by atoms with E-state index in [0.29, 0.717) is 11.8 Å². The molecule has 0 N–H and O–H groups in total. The molecular weight excluding hydrogens is 287 g/mol. The minimum Gasteiger partial charge on any atom is -0.0776 e. The SMILES string of the molecule is C[Si](C)(C)C(C1C=CC=C1)C1C=CC=C1.[Zr]. The third kappa shape index (κ3) is 3.05. The fourth-order valence-corrected chi connectivity index (χ4v) is 5.54. The quantitative estimate of drug-likeness (QED) is 0.686. The van der Waals surface area contributed by atoms with Gasteiger partial charge in [-0.25, -0.2) is 0 Å². The van der Waals surface area contributed by atoms with Gasteiger partial charge in [-0.15, -0.1) is 0 Å². The molecule has 0 fully saturated rings. The van der Waals surface area contributed by atoms with Gasteiger partial charge in [0.25, 0.3) is 0 Å². The maximum atomic E-state index is 2.48. The molecule has 2 rings (SSSR count). The summed E-state index contributed by atoms with van der Waals surface area (Å²) in [4.78, 5) is 0. The molecule has 0 radical (unpaired) electrons. The predicted octanol–water partition coefficient (Wildman–Crippen LogP) is 4.18. The molecule has 0 nitrogen and oxygen atoms in total. The van der Waals surface area contributed by atoms with Crippen LogP contribution in [0.25, 0.3) is 0 Å². The summed E-state index contributed by atoms with van der Waals surface area (Å²) in [5.74, 6) is 1.32. The van der Waals surface area contributed by atoms with Crippen molar-refractivity contribution in [1.29, 1.82) is 0 Å². The van der Waals surface area contributed by atoms with Gasteiger partial charge < -0.3 is 0 Å². The Morgan fingerprint density at radius 3 is 1.31 bits per heavy atom. The van der Waals surface area contributed by atoms with Crippen LogP contribution in [-0.2, 0) is 26.2 Å². The van der Waals surface area contributed by atoms with Crippen LogP contribution >= 0.6 is 0 Å². The Labute approximate surface area is 119 Å². The first-order valence-corrected chi connectivity index (χ1v) is 9.37. The van der Waals surface area contributed by atoms with Gasteiger partial charge in [-0.2, -0.15) is 0 Å². The monoisotopic (exact) mass is 306 g/mol. The van der Waals surface area contributed by atoms with Gasteiger partial charge in [0, 0.05) is 34.3 Å². The van der Waals surface area contributed by atoms with Crippen LogP contribution in [0.4, 0.5) is 0 Å². The summed E-state index contributed by atoms with van der Waals surface area (Å²) in [5.41, 5.74) is 0.808. The van der Waals surface area contributed by atoms with Gasteiger partial charge in [0.2, 0.25) is 0 Å². The second kappa shape index (κ2) is 5.60. The molecule has 0 heterocycles. The molecule has 0 unspecified atom stereocenters. The van der Waals surface area contributed by atoms with Crippen molar-refractivity contribution < 1.29 is 26.2 Å². The molecule has 0 aliphatic heterocycles. The second-order valence-corrected chi connectivity index (χ2v) is 11.0. The molecule has 84 valence electrons. The van der Waals surface area contributed by atoms with Crippen molar-refractivity contribution in [2.75, 3.05) is 0 Å². The number of hydrogen-bond acceptors (Lipinski definition) is 0. The maximum absolute atomic E-state index is 2.48. The van der Waals surface area contributed by atoms with Gasteiger partial charge in [-0.05, 0) is 17.4 Å². The maximum Gasteiger partial charge on any atom is 0.0493 e. The summed E-state index contributed by atoms with van der Waals surface area (Å²) in [6, 6.07) is 0. The van der Waals surface area contributed by atoms with E-state index in [0.717, 1.165) is 5.54 Å². The van der Waals surface area contributed by atoms with Crippen molar-refractivity contribution in [3.05, 3.63) is 48.6 Å². The van der Waals surface area contributed by atoms with E-state index in [2.05, 4.69) is 68.2 Å². The van der Waals surface area contributed by atoms with Gasteiger partial charge in [-0.3, -0.25) is 0 Å². The van der Waals surface area contributed by atoms with Crippen LogP contribution < -0.4 is 0 Å². The molecule has 0 atom stereocenters. The van der Waals surface area contributed by atoms with E-state index in [4.69, 9.17) is 0 Å². The first-order chi connectivity index (χ1) is 7.09. The Morgan fingerprint density at radius 2 is 1.06 bits per heavy atom. The third-order valence-electron chi connectivity index (χ3n) is 3.38. The first-order valence-electron chi connectivity index (χ1n) is 5.79. The summed E-state index contributed by atoms with van der Waals surface area (Å²) in [6.45, 7) is 7.45. The van der Waals surface area contributed by atoms with Crippen LogP contribution in [0.5, 0.6) is 0 Å². The van der Waals surface area contributed by atoms with Crippen molar-refractivity contribution in [3.8, 4) is 0 Å². The first kappa shape index (κ1) is 14.1. The van der Waals surface area contributed by atoms with Gasteiger partial charge in [0.05, 0.1) is 0 Å². The average molecular weight is 308 g/mol. The normalized spacial score (nSPS) is 20.0. The minimum absolute atomic E-state index is 0. The van der Waals surface area contributed by atoms with Crippen molar-refractivity contribution >= 4 is 8.07 Å². The molecular formula is C14H20SiZr. The largest absolute Gasteiger partial charge is 0.0776 e. The van der Waals surface area contributed by atoms with Crippen LogP contribution in [0, 0.1) is 11.8 Å². The predicted molar refractivity (Wildman–Crippen MR) is 70.6 cm³/mol. The van der Waals surface area contributed by atoms with Crippen molar-refractivity contribution in [2.24, 2.45) is 11.8 Å². The van der Waals surface area contributed by atoms with E-state index in [9.17, 15) is 0 Å². The van der Waals surface area contributed by atoms with Crippen LogP contribution in [0.1, 0.15) is 0 Å². The molecule has 2 aliphatic rings. The fraction of sp³-hybridized carbons (Fsp3) is 0.429. The molecule has 2 heteroatoms. The zero-order valence-corrected chi connectivity index (χ0v) is 13.8. The van der Waals surface area contributed by atoms with Crippen molar-refractivity contribution in [3.63, 3.8) is 0 Å². The van der Waals surface area contributed by atoms with Gasteiger partial charge in [-0.1, -0.05) is 68.2 Å². The standard InChI is InChI=1S/C14H20Si.Zr/c1-15(2,3)14(12-8-4-5-9-12)13-10-6-7-11-13;/h4-14H,1-3H3;. The zero-order chi connectivity index (χ0) is 10.9. The topological polar surface area (TPSA) is 0 Å². The Bertz CT molecular complexity index is 292. The van der Waals surface area contributed by atoms with Crippen molar-refractivity contribution in [2.45, 2.75) is 25.2 Å². The Hall–Kier alpha value is 0.0600. The van der Waals surface area contributed by atoms with Crippen LogP contribution in [-0.4, -0.2) is 8.07 Å².